The molecule has 0 unspecified atom stereocenters. The van der Waals surface area contributed by atoms with Crippen LogP contribution in [0.1, 0.15) is 22.3 Å². The normalized spacial score (nSPS) is 12.6. The van der Waals surface area contributed by atoms with Gasteiger partial charge in [0.1, 0.15) is 0 Å². The molecule has 1 nitrogen and oxygen atoms in total. The van der Waals surface area contributed by atoms with E-state index in [1.165, 1.54) is 88.7 Å². The highest BCUT2D eigenvalue weighted by Gasteiger charge is 2.46. The van der Waals surface area contributed by atoms with Crippen LogP contribution in [0, 0.1) is 0 Å². The van der Waals surface area contributed by atoms with Gasteiger partial charge in [0, 0.05) is 10.9 Å². The molecule has 0 N–H and O–H groups in total. The molecule has 1 heterocycles. The SMILES string of the molecule is c1ccc(-c2ccc(-c3cc(-c4ccc(-c5ccc6cc(-c7cccc8c7-c7ccccc7C8(c7ccccc7)c7ccccc7)ccc6c5)cc4)c4ccccc4n3)cc2)cc1. The highest BCUT2D eigenvalue weighted by atomic mass is 14.7. The highest BCUT2D eigenvalue weighted by Crippen LogP contribution is 2.58. The molecular weight excluding hydrogens is 759 g/mol. The van der Waals surface area contributed by atoms with E-state index in [1.807, 2.05) is 0 Å². The molecule has 0 saturated carbocycles. The van der Waals surface area contributed by atoms with Crippen LogP contribution in [0.2, 0.25) is 0 Å². The summed E-state index contributed by atoms with van der Waals surface area (Å²) < 4.78 is 0. The first-order valence-corrected chi connectivity index (χ1v) is 21.8. The predicted molar refractivity (Wildman–Crippen MR) is 264 cm³/mol. The average Bonchev–Trinajstić information content (AvgIpc) is 3.68. The molecule has 294 valence electrons. The summed E-state index contributed by atoms with van der Waals surface area (Å²) in [7, 11) is 0. The largest absolute Gasteiger partial charge is 0.248 e. The maximum Gasteiger partial charge on any atom is 0.0715 e. The van der Waals surface area contributed by atoms with Crippen LogP contribution < -0.4 is 0 Å². The van der Waals surface area contributed by atoms with Crippen LogP contribution >= 0.6 is 0 Å². The maximum atomic E-state index is 5.11. The number of aromatic nitrogens is 1. The van der Waals surface area contributed by atoms with E-state index in [9.17, 15) is 0 Å². The molecule has 10 aromatic carbocycles. The van der Waals surface area contributed by atoms with Crippen LogP contribution in [-0.2, 0) is 5.41 Å². The molecule has 1 aromatic heterocycles. The Labute approximate surface area is 368 Å². The zero-order valence-corrected chi connectivity index (χ0v) is 34.6. The average molecular weight is 800 g/mol. The van der Waals surface area contributed by atoms with Crippen molar-refractivity contribution in [3.8, 4) is 66.9 Å². The van der Waals surface area contributed by atoms with E-state index >= 15 is 0 Å². The van der Waals surface area contributed by atoms with Gasteiger partial charge >= 0.3 is 0 Å². The lowest BCUT2D eigenvalue weighted by atomic mass is 9.67. The van der Waals surface area contributed by atoms with Gasteiger partial charge in [-0.3, -0.25) is 0 Å². The van der Waals surface area contributed by atoms with Gasteiger partial charge < -0.3 is 0 Å². The van der Waals surface area contributed by atoms with Crippen LogP contribution in [0.25, 0.3) is 88.6 Å². The van der Waals surface area contributed by atoms with Crippen molar-refractivity contribution in [3.63, 3.8) is 0 Å². The van der Waals surface area contributed by atoms with Crippen molar-refractivity contribution in [2.24, 2.45) is 0 Å². The van der Waals surface area contributed by atoms with Crippen LogP contribution in [0.5, 0.6) is 0 Å². The third kappa shape index (κ3) is 6.12. The molecule has 1 heteroatoms. The number of hydrogen-bond donors (Lipinski definition) is 0. The van der Waals surface area contributed by atoms with Gasteiger partial charge in [0.15, 0.2) is 0 Å². The lowest BCUT2D eigenvalue weighted by molar-refractivity contribution is 0.768. The van der Waals surface area contributed by atoms with Crippen molar-refractivity contribution in [2.75, 3.05) is 0 Å². The minimum absolute atomic E-state index is 0.423. The minimum Gasteiger partial charge on any atom is -0.248 e. The summed E-state index contributed by atoms with van der Waals surface area (Å²) in [5, 5.41) is 3.59. The number of nitrogens with zero attached hydrogens (tertiary/aromatic N) is 1. The second-order valence-corrected chi connectivity index (χ2v) is 16.6. The first-order chi connectivity index (χ1) is 31.2. The minimum atomic E-state index is -0.423. The van der Waals surface area contributed by atoms with Crippen LogP contribution in [-0.4, -0.2) is 4.98 Å². The number of rotatable bonds is 7. The Hall–Kier alpha value is -8.13. The quantitative estimate of drug-likeness (QED) is 0.156. The standard InChI is InChI=1S/C62H41N/c1-4-15-42(16-5-1)43-29-33-46(34-30-43)60-41-56(54-21-11-13-26-59(54)63-60)45-31-27-44(28-32-45)47-35-36-49-40-50(38-37-48(49)39-47)53-23-14-25-58-61(53)55-22-10-12-24-57(55)62(58,51-17-6-2-7-18-51)52-19-8-3-9-20-52/h1-41H. The monoisotopic (exact) mass is 799 g/mol. The molecule has 63 heavy (non-hydrogen) atoms. The summed E-state index contributed by atoms with van der Waals surface area (Å²) in [6.07, 6.45) is 0. The predicted octanol–water partition coefficient (Wildman–Crippen LogP) is 16.1. The molecule has 0 amide bonds. The second-order valence-electron chi connectivity index (χ2n) is 16.6. The molecule has 12 rings (SSSR count). The van der Waals surface area contributed by atoms with E-state index in [0.717, 1.165) is 22.2 Å². The molecule has 0 bridgehead atoms. The number of benzene rings is 10. The molecule has 0 atom stereocenters. The van der Waals surface area contributed by atoms with Gasteiger partial charge in [-0.05, 0) is 113 Å². The number of para-hydroxylation sites is 1. The molecule has 0 radical (unpaired) electrons. The highest BCUT2D eigenvalue weighted by molar-refractivity contribution is 6.00. The zero-order valence-electron chi connectivity index (χ0n) is 34.6. The zero-order chi connectivity index (χ0) is 41.7. The van der Waals surface area contributed by atoms with Crippen molar-refractivity contribution >= 4 is 21.7 Å². The summed E-state index contributed by atoms with van der Waals surface area (Å²) in [6, 6.07) is 90.8. The molecule has 0 aliphatic heterocycles. The third-order valence-corrected chi connectivity index (χ3v) is 13.2. The summed E-state index contributed by atoms with van der Waals surface area (Å²) in [5.41, 5.74) is 20.1. The van der Waals surface area contributed by atoms with E-state index in [2.05, 4.69) is 249 Å². The van der Waals surface area contributed by atoms with Crippen LogP contribution in [0.15, 0.2) is 249 Å². The Morgan fingerprint density at radius 2 is 0.778 bits per heavy atom. The topological polar surface area (TPSA) is 12.9 Å². The summed E-state index contributed by atoms with van der Waals surface area (Å²) in [4.78, 5) is 5.11. The lowest BCUT2D eigenvalue weighted by Gasteiger charge is -2.34. The van der Waals surface area contributed by atoms with Crippen LogP contribution in [0.3, 0.4) is 0 Å². The van der Waals surface area contributed by atoms with Gasteiger partial charge in [0.2, 0.25) is 0 Å². The summed E-state index contributed by atoms with van der Waals surface area (Å²) in [6.45, 7) is 0. The van der Waals surface area contributed by atoms with E-state index in [-0.39, 0.29) is 0 Å². The fraction of sp³-hybridized carbons (Fsp3) is 0.0161. The third-order valence-electron chi connectivity index (χ3n) is 13.2. The molecule has 11 aromatic rings. The second kappa shape index (κ2) is 15.1. The molecule has 0 spiro atoms. The van der Waals surface area contributed by atoms with E-state index in [1.54, 1.807) is 0 Å². The van der Waals surface area contributed by atoms with Crippen LogP contribution in [0.4, 0.5) is 0 Å². The Balaban J connectivity index is 0.890. The number of hydrogen-bond acceptors (Lipinski definition) is 1. The smallest absolute Gasteiger partial charge is 0.0715 e. The van der Waals surface area contributed by atoms with Crippen molar-refractivity contribution < 1.29 is 0 Å². The van der Waals surface area contributed by atoms with Crippen molar-refractivity contribution in [1.29, 1.82) is 0 Å². The van der Waals surface area contributed by atoms with Crippen molar-refractivity contribution in [1.82, 2.24) is 4.98 Å². The molecule has 0 saturated heterocycles. The van der Waals surface area contributed by atoms with Gasteiger partial charge in [0.25, 0.3) is 0 Å². The van der Waals surface area contributed by atoms with Gasteiger partial charge in [-0.15, -0.1) is 0 Å². The molecule has 1 aliphatic carbocycles. The summed E-state index contributed by atoms with van der Waals surface area (Å²) in [5.74, 6) is 0. The van der Waals surface area contributed by atoms with Gasteiger partial charge in [-0.2, -0.15) is 0 Å². The first kappa shape index (κ1) is 36.7. The van der Waals surface area contributed by atoms with Gasteiger partial charge in [0.05, 0.1) is 16.6 Å². The van der Waals surface area contributed by atoms with Crippen molar-refractivity contribution in [3.05, 3.63) is 271 Å². The molecule has 0 fully saturated rings. The lowest BCUT2D eigenvalue weighted by Crippen LogP contribution is -2.28. The summed E-state index contributed by atoms with van der Waals surface area (Å²) >= 11 is 0. The fourth-order valence-corrected chi connectivity index (χ4v) is 10.2. The van der Waals surface area contributed by atoms with E-state index in [4.69, 9.17) is 4.98 Å². The van der Waals surface area contributed by atoms with Gasteiger partial charge in [-0.25, -0.2) is 4.98 Å². The first-order valence-electron chi connectivity index (χ1n) is 21.8. The Bertz CT molecular complexity index is 3420. The number of fused-ring (bicyclic) bond motifs is 5. The number of pyridine rings is 1. The van der Waals surface area contributed by atoms with E-state index in [0.29, 0.717) is 0 Å². The maximum absolute atomic E-state index is 5.11. The molecular formula is C62H41N. The Morgan fingerprint density at radius 1 is 0.286 bits per heavy atom. The fourth-order valence-electron chi connectivity index (χ4n) is 10.2. The van der Waals surface area contributed by atoms with Crippen molar-refractivity contribution in [2.45, 2.75) is 5.41 Å². The van der Waals surface area contributed by atoms with E-state index < -0.39 is 5.41 Å². The van der Waals surface area contributed by atoms with Gasteiger partial charge in [-0.1, -0.05) is 224 Å². The Morgan fingerprint density at radius 3 is 1.49 bits per heavy atom. The Kier molecular flexibility index (Phi) is 8.79. The molecule has 1 aliphatic rings.